The van der Waals surface area contributed by atoms with Gasteiger partial charge in [-0.3, -0.25) is 4.18 Å². The average Bonchev–Trinajstić information content (AvgIpc) is 1.99. The third-order valence-electron chi connectivity index (χ3n) is 0.811. The first-order chi connectivity index (χ1) is 5.41. The Morgan fingerprint density at radius 1 is 1.33 bits per heavy atom. The summed E-state index contributed by atoms with van der Waals surface area (Å²) in [5.41, 5.74) is 0. The van der Waals surface area contributed by atoms with Gasteiger partial charge in [0.25, 0.3) is 0 Å². The van der Waals surface area contributed by atoms with Gasteiger partial charge in [0.15, 0.2) is 0 Å². The van der Waals surface area contributed by atoms with Crippen molar-refractivity contribution in [3.05, 3.63) is 11.2 Å². The van der Waals surface area contributed by atoms with E-state index < -0.39 is 21.4 Å². The molecule has 3 nitrogen and oxygen atoms in total. The van der Waals surface area contributed by atoms with Crippen LogP contribution in [0.2, 0.25) is 0 Å². The van der Waals surface area contributed by atoms with Crippen molar-refractivity contribution >= 4 is 10.1 Å². The highest BCUT2D eigenvalue weighted by Gasteiger charge is 2.24. The van der Waals surface area contributed by atoms with Crippen LogP contribution in [-0.2, 0) is 14.3 Å². The molecule has 0 aliphatic carbocycles. The van der Waals surface area contributed by atoms with Crippen LogP contribution in [0, 0.1) is 0 Å². The number of hydrogen-bond acceptors (Lipinski definition) is 3. The van der Waals surface area contributed by atoms with Gasteiger partial charge in [0.05, 0.1) is 6.61 Å². The molecule has 0 aromatic heterocycles. The van der Waals surface area contributed by atoms with Crippen molar-refractivity contribution in [2.24, 2.45) is 0 Å². The molecule has 0 unspecified atom stereocenters. The summed E-state index contributed by atoms with van der Waals surface area (Å²) in [4.78, 5) is 0. The zero-order valence-electron chi connectivity index (χ0n) is 6.18. The fraction of sp³-hybridized carbons (Fsp3) is 0.600. The molecule has 0 radical (unpaired) electrons. The highest BCUT2D eigenvalue weighted by molar-refractivity contribution is 7.90. The van der Waals surface area contributed by atoms with E-state index in [1.54, 1.807) is 6.92 Å². The molecule has 0 bridgehead atoms. The summed E-state index contributed by atoms with van der Waals surface area (Å²) in [5.74, 6) is 0. The lowest BCUT2D eigenvalue weighted by atomic mass is 10.5. The van der Waals surface area contributed by atoms with Crippen molar-refractivity contribution in [2.45, 2.75) is 13.3 Å². The normalized spacial score (nSPS) is 11.3. The molecule has 7 heteroatoms. The summed E-state index contributed by atoms with van der Waals surface area (Å²) in [7, 11) is -4.86. The van der Waals surface area contributed by atoms with Gasteiger partial charge in [0.1, 0.15) is 0 Å². The molecule has 0 amide bonds. The number of hydrogen-bond donors (Lipinski definition) is 0. The summed E-state index contributed by atoms with van der Waals surface area (Å²) in [6.45, 7) is 1.24. The minimum Gasteiger partial charge on any atom is -0.264 e. The van der Waals surface area contributed by atoms with Crippen LogP contribution in [0.3, 0.4) is 0 Å². The maximum absolute atomic E-state index is 12.0. The van der Waals surface area contributed by atoms with E-state index in [0.717, 1.165) is 0 Å². The van der Waals surface area contributed by atoms with E-state index in [4.69, 9.17) is 0 Å². The van der Waals surface area contributed by atoms with Crippen LogP contribution in [0.25, 0.3) is 0 Å². The van der Waals surface area contributed by atoms with Crippen molar-refractivity contribution in [2.75, 3.05) is 6.61 Å². The van der Waals surface area contributed by atoms with Crippen molar-refractivity contribution < 1.29 is 25.8 Å². The summed E-state index contributed by atoms with van der Waals surface area (Å²) in [6, 6.07) is 0. The first kappa shape index (κ1) is 11.4. The van der Waals surface area contributed by atoms with E-state index in [2.05, 4.69) is 4.18 Å². The highest BCUT2D eigenvalue weighted by Crippen LogP contribution is 2.17. The molecule has 0 heterocycles. The summed E-state index contributed by atoms with van der Waals surface area (Å²) >= 11 is 0. The molecule has 0 aromatic rings. The Bertz CT molecular complexity index is 266. The average molecular weight is 204 g/mol. The van der Waals surface area contributed by atoms with E-state index in [0.29, 0.717) is 6.42 Å². The maximum atomic E-state index is 12.0. The van der Waals surface area contributed by atoms with Gasteiger partial charge in [-0.1, -0.05) is 6.92 Å². The predicted molar refractivity (Wildman–Crippen MR) is 35.5 cm³/mol. The van der Waals surface area contributed by atoms with E-state index >= 15 is 0 Å². The van der Waals surface area contributed by atoms with Gasteiger partial charge in [-0.25, -0.2) is 0 Å². The smallest absolute Gasteiger partial charge is 0.264 e. The van der Waals surface area contributed by atoms with Gasteiger partial charge in [-0.15, -0.1) is 0 Å². The largest absolute Gasteiger partial charge is 0.329 e. The number of halogens is 3. The van der Waals surface area contributed by atoms with Gasteiger partial charge in [0, 0.05) is 0 Å². The van der Waals surface area contributed by atoms with E-state index in [1.165, 1.54) is 0 Å². The molecule has 0 saturated carbocycles. The van der Waals surface area contributed by atoms with Crippen LogP contribution in [0.5, 0.6) is 0 Å². The molecule has 0 spiro atoms. The molecule has 0 aromatic carbocycles. The third-order valence-corrected chi connectivity index (χ3v) is 1.88. The van der Waals surface area contributed by atoms with Gasteiger partial charge >= 0.3 is 21.4 Å². The lowest BCUT2D eigenvalue weighted by Gasteiger charge is -1.99. The molecule has 0 saturated heterocycles. The molecule has 72 valence electrons. The van der Waals surface area contributed by atoms with Gasteiger partial charge in [0.2, 0.25) is 0 Å². The molecule has 0 atom stereocenters. The standard InChI is InChI=1S/C5H7F3O3S/c1-2-3-11-12(9,10)5(8)4(6)7/h2-3H2,1H3. The fourth-order valence-corrected chi connectivity index (χ4v) is 1.02. The minimum absolute atomic E-state index is 0.292. The summed E-state index contributed by atoms with van der Waals surface area (Å²) in [5, 5.41) is -2.52. The minimum atomic E-state index is -4.86. The maximum Gasteiger partial charge on any atom is 0.329 e. The second-order valence-corrected chi connectivity index (χ2v) is 3.31. The van der Waals surface area contributed by atoms with Gasteiger partial charge in [-0.05, 0) is 6.42 Å². The Balaban J connectivity index is 4.54. The van der Waals surface area contributed by atoms with Crippen molar-refractivity contribution in [1.82, 2.24) is 0 Å². The van der Waals surface area contributed by atoms with E-state index in [1.807, 2.05) is 0 Å². The molecular formula is C5H7F3O3S. The van der Waals surface area contributed by atoms with Crippen molar-refractivity contribution in [3.63, 3.8) is 0 Å². The van der Waals surface area contributed by atoms with Crippen LogP contribution in [0.15, 0.2) is 11.2 Å². The Labute approximate surface area is 68.0 Å². The fourth-order valence-electron chi connectivity index (χ4n) is 0.339. The Morgan fingerprint density at radius 2 is 1.83 bits per heavy atom. The first-order valence-electron chi connectivity index (χ1n) is 3.02. The number of rotatable bonds is 4. The molecular weight excluding hydrogens is 197 g/mol. The first-order valence-corrected chi connectivity index (χ1v) is 4.43. The SMILES string of the molecule is CCCOS(=O)(=O)C(F)=C(F)F. The molecule has 0 aliphatic heterocycles. The zero-order chi connectivity index (χ0) is 9.78. The zero-order valence-corrected chi connectivity index (χ0v) is 7.00. The van der Waals surface area contributed by atoms with Crippen molar-refractivity contribution in [1.29, 1.82) is 0 Å². The Kier molecular flexibility index (Phi) is 4.25. The Morgan fingerprint density at radius 3 is 2.17 bits per heavy atom. The van der Waals surface area contributed by atoms with Crippen LogP contribution >= 0.6 is 0 Å². The monoisotopic (exact) mass is 204 g/mol. The molecule has 0 rings (SSSR count). The quantitative estimate of drug-likeness (QED) is 0.655. The van der Waals surface area contributed by atoms with Crippen LogP contribution in [0.1, 0.15) is 13.3 Å². The van der Waals surface area contributed by atoms with Gasteiger partial charge in [-0.2, -0.15) is 21.6 Å². The van der Waals surface area contributed by atoms with Crippen LogP contribution in [-0.4, -0.2) is 15.0 Å². The van der Waals surface area contributed by atoms with Crippen LogP contribution < -0.4 is 0 Å². The lowest BCUT2D eigenvalue weighted by Crippen LogP contribution is -2.07. The molecule has 0 aliphatic rings. The second kappa shape index (κ2) is 4.46. The van der Waals surface area contributed by atoms with Gasteiger partial charge < -0.3 is 0 Å². The molecule has 12 heavy (non-hydrogen) atoms. The third kappa shape index (κ3) is 3.22. The highest BCUT2D eigenvalue weighted by atomic mass is 32.2. The van der Waals surface area contributed by atoms with Crippen molar-refractivity contribution in [3.8, 4) is 0 Å². The van der Waals surface area contributed by atoms with E-state index in [-0.39, 0.29) is 6.61 Å². The van der Waals surface area contributed by atoms with Crippen LogP contribution in [0.4, 0.5) is 13.2 Å². The molecule has 0 N–H and O–H groups in total. The lowest BCUT2D eigenvalue weighted by molar-refractivity contribution is 0.309. The Hall–Kier alpha value is -0.560. The van der Waals surface area contributed by atoms with E-state index in [9.17, 15) is 21.6 Å². The predicted octanol–water partition coefficient (Wildman–Crippen LogP) is 1.78. The molecule has 0 fully saturated rings. The second-order valence-electron chi connectivity index (χ2n) is 1.81. The summed E-state index contributed by atoms with van der Waals surface area (Å²) in [6.07, 6.45) is -2.61. The summed E-state index contributed by atoms with van der Waals surface area (Å²) < 4.78 is 59.5. The topological polar surface area (TPSA) is 43.4 Å².